The van der Waals surface area contributed by atoms with E-state index in [4.69, 9.17) is 10.5 Å². The molecule has 2 N–H and O–H groups in total. The average molecular weight is 409 g/mol. The minimum atomic E-state index is -0.617. The predicted octanol–water partition coefficient (Wildman–Crippen LogP) is 2.18. The van der Waals surface area contributed by atoms with Crippen molar-refractivity contribution < 1.29 is 19.1 Å². The molecule has 0 aliphatic carbocycles. The second kappa shape index (κ2) is 8.80. The molecular weight excluding hydrogens is 388 g/mol. The first-order valence-corrected chi connectivity index (χ1v) is 8.87. The fourth-order valence-electron chi connectivity index (χ4n) is 2.71. The van der Waals surface area contributed by atoms with Gasteiger partial charge in [0, 0.05) is 17.1 Å². The highest BCUT2D eigenvalue weighted by Crippen LogP contribution is 2.20. The second-order valence-electron chi connectivity index (χ2n) is 5.97. The van der Waals surface area contributed by atoms with Crippen LogP contribution in [0.15, 0.2) is 28.7 Å². The fraction of sp³-hybridized carbons (Fsp3) is 0.389. The molecule has 0 saturated carbocycles. The molecule has 0 aromatic heterocycles. The summed E-state index contributed by atoms with van der Waals surface area (Å²) in [6, 6.07) is 5.13. The number of rotatable bonds is 5. The molecule has 7 heteroatoms. The van der Waals surface area contributed by atoms with Gasteiger partial charge in [0.05, 0.1) is 0 Å². The van der Waals surface area contributed by atoms with Crippen molar-refractivity contribution in [3.63, 3.8) is 0 Å². The average Bonchev–Trinajstić information content (AvgIpc) is 2.58. The minimum Gasteiger partial charge on any atom is -0.452 e. The van der Waals surface area contributed by atoms with Crippen LogP contribution < -0.4 is 5.73 Å². The SMILES string of the molecule is Cc1ccc(/C=C/C(=O)OCC(=O)N2CCCC[C@H]2C(N)=O)c(Br)c1. The zero-order chi connectivity index (χ0) is 18.4. The monoisotopic (exact) mass is 408 g/mol. The Kier molecular flexibility index (Phi) is 6.75. The Morgan fingerprint density at radius 2 is 2.12 bits per heavy atom. The maximum atomic E-state index is 12.2. The largest absolute Gasteiger partial charge is 0.452 e. The lowest BCUT2D eigenvalue weighted by molar-refractivity contribution is -0.151. The topological polar surface area (TPSA) is 89.7 Å². The summed E-state index contributed by atoms with van der Waals surface area (Å²) in [5, 5.41) is 0. The van der Waals surface area contributed by atoms with Crippen LogP contribution in [0.2, 0.25) is 0 Å². The molecule has 2 amide bonds. The molecule has 1 atom stereocenters. The number of hydrogen-bond acceptors (Lipinski definition) is 4. The third-order valence-corrected chi connectivity index (χ3v) is 4.73. The first-order chi connectivity index (χ1) is 11.9. The molecule has 6 nitrogen and oxygen atoms in total. The van der Waals surface area contributed by atoms with Crippen molar-refractivity contribution in [2.45, 2.75) is 32.2 Å². The summed E-state index contributed by atoms with van der Waals surface area (Å²) < 4.78 is 5.85. The third-order valence-electron chi connectivity index (χ3n) is 4.04. The maximum absolute atomic E-state index is 12.2. The van der Waals surface area contributed by atoms with Crippen LogP contribution in [0.3, 0.4) is 0 Å². The Balaban J connectivity index is 1.89. The number of carbonyl (C=O) groups is 3. The summed E-state index contributed by atoms with van der Waals surface area (Å²) in [4.78, 5) is 36.8. The van der Waals surface area contributed by atoms with E-state index >= 15 is 0 Å². The summed E-state index contributed by atoms with van der Waals surface area (Å²) in [5.74, 6) is -1.54. The minimum absolute atomic E-state index is 0.401. The molecule has 0 radical (unpaired) electrons. The van der Waals surface area contributed by atoms with E-state index in [1.54, 1.807) is 6.08 Å². The molecule has 1 fully saturated rings. The molecule has 1 saturated heterocycles. The summed E-state index contributed by atoms with van der Waals surface area (Å²) in [7, 11) is 0. The molecule has 134 valence electrons. The molecule has 0 unspecified atom stereocenters. The van der Waals surface area contributed by atoms with Gasteiger partial charge in [-0.25, -0.2) is 4.79 Å². The number of nitrogens with zero attached hydrogens (tertiary/aromatic N) is 1. The van der Waals surface area contributed by atoms with Gasteiger partial charge < -0.3 is 15.4 Å². The number of nitrogens with two attached hydrogens (primary N) is 1. The number of piperidine rings is 1. The van der Waals surface area contributed by atoms with Crippen molar-refractivity contribution >= 4 is 39.8 Å². The van der Waals surface area contributed by atoms with Gasteiger partial charge in [-0.3, -0.25) is 9.59 Å². The maximum Gasteiger partial charge on any atom is 0.331 e. The second-order valence-corrected chi connectivity index (χ2v) is 6.82. The molecule has 1 aliphatic rings. The van der Waals surface area contributed by atoms with Gasteiger partial charge in [-0.05, 0) is 49.5 Å². The number of amides is 2. The van der Waals surface area contributed by atoms with Crippen molar-refractivity contribution in [1.29, 1.82) is 0 Å². The summed E-state index contributed by atoms with van der Waals surface area (Å²) >= 11 is 3.42. The van der Waals surface area contributed by atoms with Gasteiger partial charge in [0.2, 0.25) is 5.91 Å². The molecule has 2 rings (SSSR count). The number of esters is 1. The highest BCUT2D eigenvalue weighted by molar-refractivity contribution is 9.10. The number of primary amides is 1. The van der Waals surface area contributed by atoms with E-state index in [9.17, 15) is 14.4 Å². The number of halogens is 1. The Bertz CT molecular complexity index is 702. The van der Waals surface area contributed by atoms with Gasteiger partial charge in [0.25, 0.3) is 5.91 Å². The van der Waals surface area contributed by atoms with Crippen molar-refractivity contribution in [2.75, 3.05) is 13.2 Å². The Morgan fingerprint density at radius 1 is 1.36 bits per heavy atom. The van der Waals surface area contributed by atoms with Gasteiger partial charge >= 0.3 is 5.97 Å². The van der Waals surface area contributed by atoms with E-state index in [0.29, 0.717) is 13.0 Å². The highest BCUT2D eigenvalue weighted by atomic mass is 79.9. The number of benzene rings is 1. The molecule has 1 aromatic rings. The van der Waals surface area contributed by atoms with Crippen LogP contribution in [0.4, 0.5) is 0 Å². The van der Waals surface area contributed by atoms with Gasteiger partial charge in [-0.2, -0.15) is 0 Å². The fourth-order valence-corrected chi connectivity index (χ4v) is 3.34. The Labute approximate surface area is 155 Å². The van der Waals surface area contributed by atoms with Gasteiger partial charge in [-0.1, -0.05) is 28.1 Å². The number of likely N-dealkylation sites (tertiary alicyclic amines) is 1. The number of ether oxygens (including phenoxy) is 1. The third kappa shape index (κ3) is 5.42. The van der Waals surface area contributed by atoms with Gasteiger partial charge in [0.15, 0.2) is 6.61 Å². The number of hydrogen-bond donors (Lipinski definition) is 1. The summed E-state index contributed by atoms with van der Waals surface area (Å²) in [6.07, 6.45) is 5.10. The van der Waals surface area contributed by atoms with E-state index in [-0.39, 0.29) is 0 Å². The van der Waals surface area contributed by atoms with Crippen LogP contribution >= 0.6 is 15.9 Å². The Morgan fingerprint density at radius 3 is 2.80 bits per heavy atom. The molecule has 1 aliphatic heterocycles. The smallest absolute Gasteiger partial charge is 0.331 e. The van der Waals surface area contributed by atoms with Crippen LogP contribution in [0, 0.1) is 6.92 Å². The lowest BCUT2D eigenvalue weighted by Gasteiger charge is -2.33. The van der Waals surface area contributed by atoms with Crippen molar-refractivity contribution in [3.8, 4) is 0 Å². The normalized spacial score (nSPS) is 17.5. The lowest BCUT2D eigenvalue weighted by atomic mass is 10.0. The molecular formula is C18H21BrN2O4. The van der Waals surface area contributed by atoms with E-state index in [1.807, 2.05) is 25.1 Å². The van der Waals surface area contributed by atoms with E-state index in [2.05, 4.69) is 15.9 Å². The van der Waals surface area contributed by atoms with Crippen LogP contribution in [-0.4, -0.2) is 41.9 Å². The number of carbonyl (C=O) groups excluding carboxylic acids is 3. The Hall–Kier alpha value is -2.15. The van der Waals surface area contributed by atoms with E-state index < -0.39 is 30.4 Å². The van der Waals surface area contributed by atoms with E-state index in [0.717, 1.165) is 28.4 Å². The highest BCUT2D eigenvalue weighted by Gasteiger charge is 2.30. The van der Waals surface area contributed by atoms with Crippen molar-refractivity contribution in [1.82, 2.24) is 4.90 Å². The number of aryl methyl sites for hydroxylation is 1. The first kappa shape index (κ1) is 19.2. The first-order valence-electron chi connectivity index (χ1n) is 8.08. The molecule has 0 spiro atoms. The van der Waals surface area contributed by atoms with Crippen LogP contribution in [-0.2, 0) is 19.1 Å². The quantitative estimate of drug-likeness (QED) is 0.596. The van der Waals surface area contributed by atoms with E-state index in [1.165, 1.54) is 11.0 Å². The van der Waals surface area contributed by atoms with Gasteiger partial charge in [0.1, 0.15) is 6.04 Å². The molecule has 1 heterocycles. The molecule has 1 aromatic carbocycles. The zero-order valence-electron chi connectivity index (χ0n) is 14.0. The van der Waals surface area contributed by atoms with Gasteiger partial charge in [-0.15, -0.1) is 0 Å². The van der Waals surface area contributed by atoms with Crippen molar-refractivity contribution in [2.24, 2.45) is 5.73 Å². The summed E-state index contributed by atoms with van der Waals surface area (Å²) in [5.41, 5.74) is 7.26. The zero-order valence-corrected chi connectivity index (χ0v) is 15.6. The predicted molar refractivity (Wildman–Crippen MR) is 97.4 cm³/mol. The molecule has 0 bridgehead atoms. The molecule has 25 heavy (non-hydrogen) atoms. The summed E-state index contributed by atoms with van der Waals surface area (Å²) in [6.45, 7) is 2.02. The van der Waals surface area contributed by atoms with Crippen molar-refractivity contribution in [3.05, 3.63) is 39.9 Å². The standard InChI is InChI=1S/C18H21BrN2O4/c1-12-5-6-13(14(19)10-12)7-8-17(23)25-11-16(22)21-9-3-2-4-15(21)18(20)24/h5-8,10,15H,2-4,9,11H2,1H3,(H2,20,24)/b8-7+/t15-/m0/s1. The lowest BCUT2D eigenvalue weighted by Crippen LogP contribution is -2.51. The van der Waals surface area contributed by atoms with Crippen LogP contribution in [0.1, 0.15) is 30.4 Å². The van der Waals surface area contributed by atoms with Crippen LogP contribution in [0.5, 0.6) is 0 Å². The van der Waals surface area contributed by atoms with Crippen LogP contribution in [0.25, 0.3) is 6.08 Å².